The van der Waals surface area contributed by atoms with Crippen LogP contribution in [0.5, 0.6) is 0 Å². The first-order chi connectivity index (χ1) is 11.3. The molecular weight excluding hydrogens is 300 g/mol. The average Bonchev–Trinajstić information content (AvgIpc) is 2.55. The van der Waals surface area contributed by atoms with E-state index in [4.69, 9.17) is 16.9 Å². The first kappa shape index (κ1) is 19.2. The lowest BCUT2D eigenvalue weighted by atomic mass is 10.1. The Morgan fingerprint density at radius 2 is 1.83 bits per heavy atom. The van der Waals surface area contributed by atoms with Gasteiger partial charge in [-0.15, -0.1) is 0 Å². The fourth-order valence-electron chi connectivity index (χ4n) is 1.94. The molecule has 5 heteroatoms. The van der Waals surface area contributed by atoms with Gasteiger partial charge in [0.25, 0.3) is 0 Å². The van der Waals surface area contributed by atoms with Crippen molar-refractivity contribution in [2.45, 2.75) is 33.7 Å². The van der Waals surface area contributed by atoms with Crippen LogP contribution in [0.4, 0.5) is 5.69 Å². The Hall–Kier alpha value is -2.82. The van der Waals surface area contributed by atoms with Crippen LogP contribution in [0.15, 0.2) is 42.5 Å². The molecule has 0 saturated carbocycles. The zero-order valence-electron chi connectivity index (χ0n) is 14.5. The largest absolute Gasteiger partial charge is 0.399 e. The van der Waals surface area contributed by atoms with E-state index in [0.29, 0.717) is 13.0 Å². The van der Waals surface area contributed by atoms with Crippen molar-refractivity contribution in [3.63, 3.8) is 0 Å². The molecule has 2 aromatic rings. The molecule has 0 aliphatic rings. The van der Waals surface area contributed by atoms with Crippen LogP contribution >= 0.6 is 0 Å². The van der Waals surface area contributed by atoms with Gasteiger partial charge in [0.1, 0.15) is 5.84 Å². The molecule has 2 rings (SSSR count). The molecular formula is C19H26N4O. The van der Waals surface area contributed by atoms with Crippen LogP contribution < -0.4 is 16.8 Å². The van der Waals surface area contributed by atoms with Crippen molar-refractivity contribution in [3.05, 3.63) is 64.7 Å². The molecule has 0 aromatic heterocycles. The Morgan fingerprint density at radius 3 is 2.38 bits per heavy atom. The van der Waals surface area contributed by atoms with Crippen LogP contribution in [-0.2, 0) is 11.3 Å². The summed E-state index contributed by atoms with van der Waals surface area (Å²) < 4.78 is 0. The number of hydrogen-bond donors (Lipinski definition) is 4. The van der Waals surface area contributed by atoms with Gasteiger partial charge in [0.05, 0.1) is 0 Å². The molecule has 2 aromatic carbocycles. The molecule has 0 bridgehead atoms. The minimum atomic E-state index is 0.0578. The van der Waals surface area contributed by atoms with Gasteiger partial charge in [-0.05, 0) is 48.7 Å². The smallest absolute Gasteiger partial charge is 0.219 e. The number of amides is 1. The van der Waals surface area contributed by atoms with E-state index in [1.807, 2.05) is 63.2 Å². The number of anilines is 1. The fourth-order valence-corrected chi connectivity index (χ4v) is 1.94. The topological polar surface area (TPSA) is 105 Å². The molecule has 128 valence electrons. The minimum Gasteiger partial charge on any atom is -0.399 e. The lowest BCUT2D eigenvalue weighted by Crippen LogP contribution is -2.21. The van der Waals surface area contributed by atoms with Gasteiger partial charge in [-0.2, -0.15) is 0 Å². The Kier molecular flexibility index (Phi) is 7.49. The Balaban J connectivity index is 0.000000243. The van der Waals surface area contributed by atoms with Crippen molar-refractivity contribution in [2.75, 3.05) is 5.73 Å². The van der Waals surface area contributed by atoms with Gasteiger partial charge in [-0.1, -0.05) is 31.2 Å². The van der Waals surface area contributed by atoms with E-state index in [0.717, 1.165) is 16.8 Å². The second-order valence-electron chi connectivity index (χ2n) is 5.59. The fraction of sp³-hybridized carbons (Fsp3) is 0.263. The summed E-state index contributed by atoms with van der Waals surface area (Å²) in [6.07, 6.45) is 0.516. The number of nitrogens with two attached hydrogens (primary N) is 2. The summed E-state index contributed by atoms with van der Waals surface area (Å²) in [5.41, 5.74) is 15.9. The van der Waals surface area contributed by atoms with E-state index < -0.39 is 0 Å². The quantitative estimate of drug-likeness (QED) is 0.394. The number of benzene rings is 2. The number of hydrogen-bond acceptors (Lipinski definition) is 3. The molecule has 0 radical (unpaired) electrons. The van der Waals surface area contributed by atoms with Crippen LogP contribution in [0.1, 0.15) is 35.6 Å². The lowest BCUT2D eigenvalue weighted by molar-refractivity contribution is -0.120. The Morgan fingerprint density at radius 1 is 1.12 bits per heavy atom. The highest BCUT2D eigenvalue weighted by Gasteiger charge is 1.98. The van der Waals surface area contributed by atoms with Gasteiger partial charge in [-0.3, -0.25) is 10.2 Å². The predicted octanol–water partition coefficient (Wildman–Crippen LogP) is 2.88. The normalized spacial score (nSPS) is 9.62. The summed E-state index contributed by atoms with van der Waals surface area (Å²) in [4.78, 5) is 10.9. The van der Waals surface area contributed by atoms with Gasteiger partial charge in [0, 0.05) is 24.2 Å². The predicted molar refractivity (Wildman–Crippen MR) is 99.9 cm³/mol. The summed E-state index contributed by atoms with van der Waals surface area (Å²) >= 11 is 0. The highest BCUT2D eigenvalue weighted by molar-refractivity contribution is 5.95. The molecule has 0 atom stereocenters. The molecule has 1 amide bonds. The van der Waals surface area contributed by atoms with Gasteiger partial charge < -0.3 is 16.8 Å². The molecule has 0 heterocycles. The summed E-state index contributed by atoms with van der Waals surface area (Å²) in [7, 11) is 0. The van der Waals surface area contributed by atoms with Gasteiger partial charge in [0.2, 0.25) is 5.91 Å². The summed E-state index contributed by atoms with van der Waals surface area (Å²) in [6.45, 7) is 6.44. The number of carbonyl (C=O) groups excluding carboxylic acids is 1. The number of carbonyl (C=O) groups is 1. The number of nitrogen functional groups attached to an aromatic ring is 2. The maximum absolute atomic E-state index is 10.9. The number of aryl methyl sites for hydroxylation is 2. The van der Waals surface area contributed by atoms with Crippen LogP contribution in [0, 0.1) is 19.3 Å². The van der Waals surface area contributed by atoms with E-state index in [9.17, 15) is 4.79 Å². The van der Waals surface area contributed by atoms with Crippen molar-refractivity contribution in [1.29, 1.82) is 5.41 Å². The van der Waals surface area contributed by atoms with Gasteiger partial charge in [0.15, 0.2) is 0 Å². The second-order valence-corrected chi connectivity index (χ2v) is 5.59. The SMILES string of the molecule is CCC(=O)NCc1cccc(N)c1.Cc1ccc(C(=N)N)cc1C. The first-order valence-corrected chi connectivity index (χ1v) is 7.86. The molecule has 24 heavy (non-hydrogen) atoms. The van der Waals surface area contributed by atoms with E-state index in [1.54, 1.807) is 0 Å². The van der Waals surface area contributed by atoms with Gasteiger partial charge in [-0.25, -0.2) is 0 Å². The van der Waals surface area contributed by atoms with E-state index in [1.165, 1.54) is 11.1 Å². The van der Waals surface area contributed by atoms with Crippen LogP contribution in [0.25, 0.3) is 0 Å². The van der Waals surface area contributed by atoms with Crippen LogP contribution in [0.3, 0.4) is 0 Å². The maximum atomic E-state index is 10.9. The van der Waals surface area contributed by atoms with Gasteiger partial charge >= 0.3 is 0 Å². The maximum Gasteiger partial charge on any atom is 0.219 e. The summed E-state index contributed by atoms with van der Waals surface area (Å²) in [6, 6.07) is 13.3. The molecule has 0 aliphatic carbocycles. The zero-order valence-corrected chi connectivity index (χ0v) is 14.5. The molecule has 6 N–H and O–H groups in total. The molecule has 0 unspecified atom stereocenters. The molecule has 0 fully saturated rings. The average molecular weight is 326 g/mol. The third-order valence-electron chi connectivity index (χ3n) is 3.58. The zero-order chi connectivity index (χ0) is 18.1. The van der Waals surface area contributed by atoms with Crippen molar-refractivity contribution < 1.29 is 4.79 Å². The third-order valence-corrected chi connectivity index (χ3v) is 3.58. The highest BCUT2D eigenvalue weighted by atomic mass is 16.1. The molecule has 0 saturated heterocycles. The highest BCUT2D eigenvalue weighted by Crippen LogP contribution is 2.08. The second kappa shape index (κ2) is 9.35. The lowest BCUT2D eigenvalue weighted by Gasteiger charge is -2.03. The molecule has 0 spiro atoms. The molecule has 5 nitrogen and oxygen atoms in total. The van der Waals surface area contributed by atoms with E-state index in [-0.39, 0.29) is 11.7 Å². The van der Waals surface area contributed by atoms with Crippen molar-refractivity contribution >= 4 is 17.4 Å². The van der Waals surface area contributed by atoms with Crippen LogP contribution in [-0.4, -0.2) is 11.7 Å². The number of rotatable bonds is 4. The monoisotopic (exact) mass is 326 g/mol. The third kappa shape index (κ3) is 6.52. The Bertz CT molecular complexity index is 710. The van der Waals surface area contributed by atoms with Crippen molar-refractivity contribution in [3.8, 4) is 0 Å². The summed E-state index contributed by atoms with van der Waals surface area (Å²) in [5.74, 6) is 0.190. The van der Waals surface area contributed by atoms with E-state index >= 15 is 0 Å². The Labute approximate surface area is 143 Å². The van der Waals surface area contributed by atoms with Crippen molar-refractivity contribution in [2.24, 2.45) is 5.73 Å². The summed E-state index contributed by atoms with van der Waals surface area (Å²) in [5, 5.41) is 9.96. The minimum absolute atomic E-state index is 0.0578. The number of nitrogens with one attached hydrogen (secondary N) is 2. The number of amidine groups is 1. The first-order valence-electron chi connectivity index (χ1n) is 7.86. The van der Waals surface area contributed by atoms with Crippen molar-refractivity contribution in [1.82, 2.24) is 5.32 Å². The standard InChI is InChI=1S/C10H14N2O.C9H12N2/c1-2-10(13)12-7-8-4-3-5-9(11)6-8;1-6-3-4-8(9(10)11)5-7(6)2/h3-6H,2,7,11H2,1H3,(H,12,13);3-5H,1-2H3,(H3,10,11). The van der Waals surface area contributed by atoms with Crippen LogP contribution in [0.2, 0.25) is 0 Å². The van der Waals surface area contributed by atoms with E-state index in [2.05, 4.69) is 5.32 Å². The molecule has 0 aliphatic heterocycles.